The minimum absolute atomic E-state index is 0.0789. The standard InChI is InChI=1S/C22H25ClO5/c1-15(9-3-2-4-14-20(25)26)21(17-11-6-8-13-19(17)24)28-22(27)16-10-5-7-12-18(16)23/h2-3,5-8,10-13,15,21-22,24,27H,4,9,14H2,1H3,(H,25,26)/t15-,21+,22+/m1/s1. The number of halogens is 1. The van der Waals surface area contributed by atoms with Gasteiger partial charge in [-0.1, -0.05) is 67.1 Å². The third kappa shape index (κ3) is 6.37. The van der Waals surface area contributed by atoms with E-state index >= 15 is 0 Å². The number of aliphatic hydroxyl groups is 1. The third-order valence-corrected chi connectivity index (χ3v) is 4.75. The molecule has 3 atom stereocenters. The summed E-state index contributed by atoms with van der Waals surface area (Å²) in [5.74, 6) is -0.844. The second kappa shape index (κ2) is 10.9. The summed E-state index contributed by atoms with van der Waals surface area (Å²) in [6.07, 6.45) is 2.99. The van der Waals surface area contributed by atoms with Crippen molar-refractivity contribution in [2.24, 2.45) is 5.92 Å². The Morgan fingerprint density at radius 1 is 1.11 bits per heavy atom. The van der Waals surface area contributed by atoms with Gasteiger partial charge >= 0.3 is 5.97 Å². The van der Waals surface area contributed by atoms with Gasteiger partial charge in [0.25, 0.3) is 0 Å². The summed E-state index contributed by atoms with van der Waals surface area (Å²) in [6.45, 7) is 1.94. The number of hydrogen-bond acceptors (Lipinski definition) is 4. The van der Waals surface area contributed by atoms with Gasteiger partial charge in [-0.3, -0.25) is 4.79 Å². The van der Waals surface area contributed by atoms with E-state index in [0.717, 1.165) is 0 Å². The van der Waals surface area contributed by atoms with Crippen LogP contribution in [0.1, 0.15) is 49.7 Å². The predicted molar refractivity (Wildman–Crippen MR) is 108 cm³/mol. The van der Waals surface area contributed by atoms with Gasteiger partial charge in [0.15, 0.2) is 6.29 Å². The van der Waals surface area contributed by atoms with Crippen molar-refractivity contribution >= 4 is 17.6 Å². The lowest BCUT2D eigenvalue weighted by atomic mass is 9.93. The molecule has 0 aliphatic heterocycles. The van der Waals surface area contributed by atoms with Crippen LogP contribution in [0, 0.1) is 5.92 Å². The van der Waals surface area contributed by atoms with Crippen LogP contribution in [-0.2, 0) is 9.53 Å². The molecule has 150 valence electrons. The Kier molecular flexibility index (Phi) is 8.51. The minimum atomic E-state index is -1.25. The lowest BCUT2D eigenvalue weighted by Gasteiger charge is -2.28. The number of aliphatic hydroxyl groups excluding tert-OH is 1. The van der Waals surface area contributed by atoms with Crippen LogP contribution in [0.2, 0.25) is 5.02 Å². The maximum absolute atomic E-state index is 10.6. The molecule has 0 aliphatic rings. The summed E-state index contributed by atoms with van der Waals surface area (Å²) >= 11 is 6.15. The highest BCUT2D eigenvalue weighted by molar-refractivity contribution is 6.31. The summed E-state index contributed by atoms with van der Waals surface area (Å²) < 4.78 is 5.92. The normalized spacial score (nSPS) is 14.7. The number of phenols is 1. The minimum Gasteiger partial charge on any atom is -0.508 e. The van der Waals surface area contributed by atoms with Gasteiger partial charge in [-0.25, -0.2) is 0 Å². The first kappa shape index (κ1) is 22.0. The van der Waals surface area contributed by atoms with Gasteiger partial charge in [0.1, 0.15) is 5.75 Å². The predicted octanol–water partition coefficient (Wildman–Crippen LogP) is 5.24. The highest BCUT2D eigenvalue weighted by Crippen LogP contribution is 2.38. The first-order valence-corrected chi connectivity index (χ1v) is 9.50. The monoisotopic (exact) mass is 404 g/mol. The molecule has 0 unspecified atom stereocenters. The van der Waals surface area contributed by atoms with E-state index in [-0.39, 0.29) is 18.1 Å². The maximum atomic E-state index is 10.6. The van der Waals surface area contributed by atoms with Crippen molar-refractivity contribution in [3.8, 4) is 5.75 Å². The summed E-state index contributed by atoms with van der Waals surface area (Å²) in [5.41, 5.74) is 1.02. The van der Waals surface area contributed by atoms with E-state index in [4.69, 9.17) is 21.4 Å². The van der Waals surface area contributed by atoms with Gasteiger partial charge in [-0.05, 0) is 30.9 Å². The van der Waals surface area contributed by atoms with Gasteiger partial charge in [0.2, 0.25) is 0 Å². The topological polar surface area (TPSA) is 87.0 Å². The smallest absolute Gasteiger partial charge is 0.303 e. The Morgan fingerprint density at radius 2 is 1.75 bits per heavy atom. The van der Waals surface area contributed by atoms with E-state index in [9.17, 15) is 15.0 Å². The van der Waals surface area contributed by atoms with E-state index in [2.05, 4.69) is 0 Å². The molecule has 0 bridgehead atoms. The molecule has 0 radical (unpaired) electrons. The van der Waals surface area contributed by atoms with Gasteiger partial charge < -0.3 is 20.1 Å². The van der Waals surface area contributed by atoms with Gasteiger partial charge in [-0.2, -0.15) is 0 Å². The Bertz CT molecular complexity index is 805. The molecule has 0 saturated heterocycles. The van der Waals surface area contributed by atoms with Crippen LogP contribution >= 0.6 is 11.6 Å². The van der Waals surface area contributed by atoms with Crippen LogP contribution in [0.3, 0.4) is 0 Å². The first-order valence-electron chi connectivity index (χ1n) is 9.12. The first-order chi connectivity index (χ1) is 13.4. The quantitative estimate of drug-likeness (QED) is 0.372. The van der Waals surface area contributed by atoms with E-state index in [1.54, 1.807) is 48.5 Å². The van der Waals surface area contributed by atoms with Crippen molar-refractivity contribution in [1.82, 2.24) is 0 Å². The van der Waals surface area contributed by atoms with Gasteiger partial charge in [0.05, 0.1) is 6.10 Å². The van der Waals surface area contributed by atoms with E-state index in [0.29, 0.717) is 29.0 Å². The number of carboxylic acids is 1. The average molecular weight is 405 g/mol. The number of carboxylic acid groups (broad SMARTS) is 1. The zero-order valence-corrected chi connectivity index (χ0v) is 16.4. The molecule has 0 saturated carbocycles. The SMILES string of the molecule is C[C@H](CC=CCCC(=O)O)[C@H](O[C@H](O)c1ccccc1Cl)c1ccccc1O. The highest BCUT2D eigenvalue weighted by atomic mass is 35.5. The molecule has 0 amide bonds. The van der Waals surface area contributed by atoms with Crippen molar-refractivity contribution in [3.63, 3.8) is 0 Å². The number of carbonyl (C=O) groups is 1. The molecular formula is C22H25ClO5. The fourth-order valence-electron chi connectivity index (χ4n) is 2.89. The van der Waals surface area contributed by atoms with Crippen molar-refractivity contribution in [1.29, 1.82) is 0 Å². The molecule has 2 rings (SSSR count). The molecule has 28 heavy (non-hydrogen) atoms. The Balaban J connectivity index is 2.17. The number of aliphatic carboxylic acids is 1. The second-order valence-corrected chi connectivity index (χ2v) is 7.01. The van der Waals surface area contributed by atoms with E-state index in [1.165, 1.54) is 0 Å². The van der Waals surface area contributed by atoms with E-state index < -0.39 is 18.4 Å². The molecule has 3 N–H and O–H groups in total. The average Bonchev–Trinajstić information content (AvgIpc) is 2.66. The summed E-state index contributed by atoms with van der Waals surface area (Å²) in [5, 5.41) is 29.9. The summed E-state index contributed by atoms with van der Waals surface area (Å²) in [7, 11) is 0. The number of phenolic OH excluding ortho intramolecular Hbond substituents is 1. The lowest BCUT2D eigenvalue weighted by molar-refractivity contribution is -0.156. The fourth-order valence-corrected chi connectivity index (χ4v) is 3.12. The number of allylic oxidation sites excluding steroid dienone is 2. The number of aromatic hydroxyl groups is 1. The molecule has 0 fully saturated rings. The molecule has 6 heteroatoms. The molecule has 2 aromatic rings. The van der Waals surface area contributed by atoms with Crippen molar-refractivity contribution in [2.75, 3.05) is 0 Å². The molecule has 0 spiro atoms. The number of rotatable bonds is 10. The lowest BCUT2D eigenvalue weighted by Crippen LogP contribution is -2.17. The third-order valence-electron chi connectivity index (χ3n) is 4.41. The Labute approximate surface area is 169 Å². The van der Waals surface area contributed by atoms with E-state index in [1.807, 2.05) is 19.1 Å². The van der Waals surface area contributed by atoms with Crippen LogP contribution in [0.15, 0.2) is 60.7 Å². The summed E-state index contributed by atoms with van der Waals surface area (Å²) in [6, 6.07) is 13.7. The second-order valence-electron chi connectivity index (χ2n) is 6.61. The molecule has 0 aromatic heterocycles. The van der Waals surface area contributed by atoms with Crippen LogP contribution in [0.4, 0.5) is 0 Å². The van der Waals surface area contributed by atoms with Crippen LogP contribution < -0.4 is 0 Å². The molecular weight excluding hydrogens is 380 g/mol. The number of hydrogen-bond donors (Lipinski definition) is 3. The zero-order chi connectivity index (χ0) is 20.5. The highest BCUT2D eigenvalue weighted by Gasteiger charge is 2.26. The molecule has 0 aliphatic carbocycles. The van der Waals surface area contributed by atoms with Gasteiger partial charge in [-0.15, -0.1) is 0 Å². The number of ether oxygens (including phenoxy) is 1. The van der Waals surface area contributed by atoms with Crippen LogP contribution in [-0.4, -0.2) is 21.3 Å². The van der Waals surface area contributed by atoms with Crippen molar-refractivity contribution < 1.29 is 24.9 Å². The Morgan fingerprint density at radius 3 is 2.39 bits per heavy atom. The zero-order valence-electron chi connectivity index (χ0n) is 15.7. The largest absolute Gasteiger partial charge is 0.508 e. The number of benzene rings is 2. The van der Waals surface area contributed by atoms with Crippen molar-refractivity contribution in [3.05, 3.63) is 76.8 Å². The fraction of sp³-hybridized carbons (Fsp3) is 0.318. The summed E-state index contributed by atoms with van der Waals surface area (Å²) in [4.78, 5) is 10.6. The van der Waals surface area contributed by atoms with Crippen LogP contribution in [0.25, 0.3) is 0 Å². The molecule has 5 nitrogen and oxygen atoms in total. The Hall–Kier alpha value is -2.34. The van der Waals surface area contributed by atoms with Crippen molar-refractivity contribution in [2.45, 2.75) is 38.6 Å². The van der Waals surface area contributed by atoms with Gasteiger partial charge in [0, 0.05) is 22.6 Å². The van der Waals surface area contributed by atoms with Crippen LogP contribution in [0.5, 0.6) is 5.75 Å². The molecule has 2 aromatic carbocycles. The maximum Gasteiger partial charge on any atom is 0.303 e. The molecule has 0 heterocycles. The number of para-hydroxylation sites is 1.